The van der Waals surface area contributed by atoms with Gasteiger partial charge in [0.15, 0.2) is 6.10 Å². The minimum atomic E-state index is -0.535. The van der Waals surface area contributed by atoms with Crippen molar-refractivity contribution in [2.24, 2.45) is 0 Å². The van der Waals surface area contributed by atoms with E-state index in [4.69, 9.17) is 14.2 Å². The van der Waals surface area contributed by atoms with Gasteiger partial charge in [-0.15, -0.1) is 0 Å². The third-order valence-corrected chi connectivity index (χ3v) is 12.5. The molecule has 0 radical (unpaired) electrons. The first-order valence-electron chi connectivity index (χ1n) is 27.9. The Balaban J connectivity index is 4.22. The fraction of sp³-hybridized carbons (Fsp3) is 0.895. The first kappa shape index (κ1) is 60.4. The highest BCUT2D eigenvalue weighted by molar-refractivity contribution is 5.70. The molecule has 0 aromatic rings. The lowest BCUT2D eigenvalue weighted by Crippen LogP contribution is -2.30. The van der Waals surface area contributed by atoms with Crippen molar-refractivity contribution < 1.29 is 23.8 Å². The largest absolute Gasteiger partial charge is 0.462 e. The summed E-state index contributed by atoms with van der Waals surface area (Å²) in [5.74, 6) is -0.393. The summed E-state index contributed by atoms with van der Waals surface area (Å²) in [6, 6.07) is 0. The molecule has 0 spiro atoms. The van der Waals surface area contributed by atoms with Gasteiger partial charge in [0.25, 0.3) is 0 Å². The van der Waals surface area contributed by atoms with E-state index in [2.05, 4.69) is 45.1 Å². The van der Waals surface area contributed by atoms with Crippen LogP contribution in [0.4, 0.5) is 0 Å². The van der Waals surface area contributed by atoms with Gasteiger partial charge in [0.2, 0.25) is 0 Å². The van der Waals surface area contributed by atoms with E-state index in [0.717, 1.165) is 44.9 Å². The summed E-state index contributed by atoms with van der Waals surface area (Å²) >= 11 is 0. The second-order valence-electron chi connectivity index (χ2n) is 18.8. The SMILES string of the molecule is CCCCCC/C=C\CCCCCCCC(=O)OC(COCCCCCCCCCCCCCCCCCC)COC(=O)CCCCCCCCC/C=C\CCCCCCCC. The molecule has 0 amide bonds. The van der Waals surface area contributed by atoms with Crippen molar-refractivity contribution in [3.63, 3.8) is 0 Å². The number of ether oxygens (including phenoxy) is 3. The topological polar surface area (TPSA) is 61.8 Å². The van der Waals surface area contributed by atoms with Crippen molar-refractivity contribution >= 4 is 11.9 Å². The molecular formula is C57H108O5. The number of rotatable bonds is 52. The number of hydrogen-bond acceptors (Lipinski definition) is 5. The van der Waals surface area contributed by atoms with Crippen molar-refractivity contribution in [1.29, 1.82) is 0 Å². The first-order chi connectivity index (χ1) is 30.6. The molecule has 0 heterocycles. The highest BCUT2D eigenvalue weighted by atomic mass is 16.6. The molecule has 0 bridgehead atoms. The fourth-order valence-electron chi connectivity index (χ4n) is 8.27. The van der Waals surface area contributed by atoms with Crippen molar-refractivity contribution in [2.45, 2.75) is 309 Å². The summed E-state index contributed by atoms with van der Waals surface area (Å²) in [7, 11) is 0. The van der Waals surface area contributed by atoms with E-state index in [9.17, 15) is 9.59 Å². The number of carbonyl (C=O) groups excluding carboxylic acids is 2. The number of unbranched alkanes of at least 4 members (excludes halogenated alkanes) is 37. The molecule has 5 heteroatoms. The molecule has 0 fully saturated rings. The van der Waals surface area contributed by atoms with E-state index in [1.165, 1.54) is 225 Å². The van der Waals surface area contributed by atoms with Crippen LogP contribution in [0.1, 0.15) is 303 Å². The molecule has 0 aliphatic carbocycles. The highest BCUT2D eigenvalue weighted by Crippen LogP contribution is 2.16. The predicted octanol–water partition coefficient (Wildman–Crippen LogP) is 18.8. The summed E-state index contributed by atoms with van der Waals surface area (Å²) < 4.78 is 17.5. The van der Waals surface area contributed by atoms with Gasteiger partial charge in [0, 0.05) is 19.4 Å². The molecule has 0 N–H and O–H groups in total. The maximum absolute atomic E-state index is 12.8. The Hall–Kier alpha value is -1.62. The van der Waals surface area contributed by atoms with E-state index >= 15 is 0 Å². The second kappa shape index (κ2) is 53.7. The normalized spacial score (nSPS) is 12.2. The number of hydrogen-bond donors (Lipinski definition) is 0. The van der Waals surface area contributed by atoms with Gasteiger partial charge in [-0.2, -0.15) is 0 Å². The molecule has 0 saturated heterocycles. The summed E-state index contributed by atoms with van der Waals surface area (Å²) in [6.45, 7) is 7.86. The summed E-state index contributed by atoms with van der Waals surface area (Å²) in [5.41, 5.74) is 0. The number of carbonyl (C=O) groups is 2. The number of esters is 2. The minimum Gasteiger partial charge on any atom is -0.462 e. The van der Waals surface area contributed by atoms with Crippen LogP contribution < -0.4 is 0 Å². The lowest BCUT2D eigenvalue weighted by atomic mass is 10.0. The van der Waals surface area contributed by atoms with Crippen LogP contribution in [-0.2, 0) is 23.8 Å². The van der Waals surface area contributed by atoms with Crippen molar-refractivity contribution in [3.05, 3.63) is 24.3 Å². The van der Waals surface area contributed by atoms with Crippen LogP contribution >= 0.6 is 0 Å². The maximum Gasteiger partial charge on any atom is 0.306 e. The third kappa shape index (κ3) is 51.0. The van der Waals surface area contributed by atoms with Gasteiger partial charge in [0.05, 0.1) is 6.61 Å². The molecule has 62 heavy (non-hydrogen) atoms. The first-order valence-corrected chi connectivity index (χ1v) is 27.9. The lowest BCUT2D eigenvalue weighted by molar-refractivity contribution is -0.163. The summed E-state index contributed by atoms with van der Waals surface area (Å²) in [6.07, 6.45) is 63.3. The Bertz CT molecular complexity index is 943. The smallest absolute Gasteiger partial charge is 0.306 e. The average molecular weight is 873 g/mol. The Morgan fingerprint density at radius 2 is 0.629 bits per heavy atom. The van der Waals surface area contributed by atoms with Crippen LogP contribution in [0.3, 0.4) is 0 Å². The zero-order valence-corrected chi connectivity index (χ0v) is 42.2. The number of allylic oxidation sites excluding steroid dienone is 4. The van der Waals surface area contributed by atoms with Gasteiger partial charge in [0.1, 0.15) is 6.61 Å². The van der Waals surface area contributed by atoms with E-state index in [0.29, 0.717) is 26.1 Å². The minimum absolute atomic E-state index is 0.0864. The Labute approximate surface area is 387 Å². The molecule has 1 unspecified atom stereocenters. The standard InChI is InChI=1S/C57H108O5/c1-4-7-10-13-16-19-22-25-27-29-30-33-35-38-41-44-47-50-56(58)61-54-55(62-57(59)51-48-45-42-39-36-32-24-21-18-15-12-9-6-3)53-60-52-49-46-43-40-37-34-31-28-26-23-20-17-14-11-8-5-2/h21,24-25,27,55H,4-20,22-23,26,28-54H2,1-3H3/b24-21-,27-25-. The van der Waals surface area contributed by atoms with Crippen molar-refractivity contribution in [1.82, 2.24) is 0 Å². The average Bonchev–Trinajstić information content (AvgIpc) is 3.27. The second-order valence-corrected chi connectivity index (χ2v) is 18.8. The van der Waals surface area contributed by atoms with Gasteiger partial charge >= 0.3 is 11.9 Å². The van der Waals surface area contributed by atoms with Crippen LogP contribution in [0.25, 0.3) is 0 Å². The molecule has 366 valence electrons. The summed E-state index contributed by atoms with van der Waals surface area (Å²) in [5, 5.41) is 0. The highest BCUT2D eigenvalue weighted by Gasteiger charge is 2.17. The molecule has 0 aliphatic heterocycles. The molecule has 0 aromatic carbocycles. The van der Waals surface area contributed by atoms with E-state index < -0.39 is 6.10 Å². The maximum atomic E-state index is 12.8. The van der Waals surface area contributed by atoms with Crippen LogP contribution in [0.5, 0.6) is 0 Å². The van der Waals surface area contributed by atoms with E-state index in [-0.39, 0.29) is 18.5 Å². The monoisotopic (exact) mass is 873 g/mol. The van der Waals surface area contributed by atoms with Crippen LogP contribution in [0, 0.1) is 0 Å². The van der Waals surface area contributed by atoms with E-state index in [1.807, 2.05) is 0 Å². The zero-order chi connectivity index (χ0) is 44.9. The third-order valence-electron chi connectivity index (χ3n) is 12.5. The quantitative estimate of drug-likeness (QED) is 0.0346. The van der Waals surface area contributed by atoms with Crippen molar-refractivity contribution in [3.8, 4) is 0 Å². The van der Waals surface area contributed by atoms with Gasteiger partial charge in [-0.25, -0.2) is 0 Å². The lowest BCUT2D eigenvalue weighted by Gasteiger charge is -2.18. The Kier molecular flexibility index (Phi) is 52.3. The molecule has 0 rings (SSSR count). The fourth-order valence-corrected chi connectivity index (χ4v) is 8.27. The van der Waals surface area contributed by atoms with Gasteiger partial charge in [-0.3, -0.25) is 9.59 Å². The van der Waals surface area contributed by atoms with Crippen LogP contribution in [0.2, 0.25) is 0 Å². The molecule has 0 aliphatic rings. The van der Waals surface area contributed by atoms with Gasteiger partial charge in [-0.1, -0.05) is 244 Å². The molecule has 5 nitrogen and oxygen atoms in total. The van der Waals surface area contributed by atoms with Crippen LogP contribution in [-0.4, -0.2) is 37.9 Å². The van der Waals surface area contributed by atoms with E-state index in [1.54, 1.807) is 0 Å². The predicted molar refractivity (Wildman–Crippen MR) is 270 cm³/mol. The Morgan fingerprint density at radius 3 is 1.00 bits per heavy atom. The molecule has 1 atom stereocenters. The molecule has 0 saturated carbocycles. The zero-order valence-electron chi connectivity index (χ0n) is 42.2. The summed E-state index contributed by atoms with van der Waals surface area (Å²) in [4.78, 5) is 25.4. The van der Waals surface area contributed by atoms with Gasteiger partial charge in [-0.05, 0) is 70.6 Å². The van der Waals surface area contributed by atoms with Gasteiger partial charge < -0.3 is 14.2 Å². The van der Waals surface area contributed by atoms with Crippen LogP contribution in [0.15, 0.2) is 24.3 Å². The molecule has 0 aromatic heterocycles. The Morgan fingerprint density at radius 1 is 0.339 bits per heavy atom. The van der Waals surface area contributed by atoms with Crippen molar-refractivity contribution in [2.75, 3.05) is 19.8 Å². The molecular weight excluding hydrogens is 765 g/mol.